The van der Waals surface area contributed by atoms with Crippen LogP contribution in [-0.2, 0) is 4.79 Å². The van der Waals surface area contributed by atoms with E-state index >= 15 is 0 Å². The van der Waals surface area contributed by atoms with E-state index in [0.717, 1.165) is 48.4 Å². The topological polar surface area (TPSA) is 61.8 Å². The van der Waals surface area contributed by atoms with Crippen LogP contribution in [0.25, 0.3) is 11.1 Å². The number of phenolic OH excluding ortho intramolecular Hbond substituents is 1. The van der Waals surface area contributed by atoms with E-state index in [1.54, 1.807) is 37.2 Å². The number of hydrogen-bond acceptors (Lipinski definition) is 4. The first kappa shape index (κ1) is 26.8. The van der Waals surface area contributed by atoms with E-state index in [0.29, 0.717) is 6.61 Å². The molecule has 0 fully saturated rings. The molecule has 0 spiro atoms. The Morgan fingerprint density at radius 1 is 0.889 bits per heavy atom. The van der Waals surface area contributed by atoms with Crippen molar-refractivity contribution in [2.24, 2.45) is 0 Å². The molecule has 0 aliphatic rings. The smallest absolute Gasteiger partial charge is 0.245 e. The van der Waals surface area contributed by atoms with Crippen molar-refractivity contribution < 1.29 is 14.6 Å². The van der Waals surface area contributed by atoms with Gasteiger partial charge in [0.15, 0.2) is 0 Å². The lowest BCUT2D eigenvalue weighted by Gasteiger charge is -2.17. The van der Waals surface area contributed by atoms with Gasteiger partial charge in [0.1, 0.15) is 18.1 Å². The molecular formula is C31H36N2O3. The Morgan fingerprint density at radius 3 is 2.14 bits per heavy atom. The summed E-state index contributed by atoms with van der Waals surface area (Å²) in [7, 11) is 3.48. The summed E-state index contributed by atoms with van der Waals surface area (Å²) in [6, 6.07) is 26.0. The number of ether oxygens (including phenoxy) is 1. The third-order valence-electron chi connectivity index (χ3n) is 5.81. The predicted octanol–water partition coefficient (Wildman–Crippen LogP) is 5.76. The van der Waals surface area contributed by atoms with E-state index in [9.17, 15) is 9.90 Å². The highest BCUT2D eigenvalue weighted by Gasteiger charge is 2.13. The summed E-state index contributed by atoms with van der Waals surface area (Å²) in [5.74, 6) is 1.08. The van der Waals surface area contributed by atoms with Crippen LogP contribution in [0, 0.1) is 0 Å². The van der Waals surface area contributed by atoms with Crippen LogP contribution in [0.3, 0.4) is 0 Å². The first-order valence-corrected chi connectivity index (χ1v) is 12.4. The van der Waals surface area contributed by atoms with Gasteiger partial charge in [0, 0.05) is 20.6 Å². The van der Waals surface area contributed by atoms with Crippen molar-refractivity contribution in [3.05, 3.63) is 108 Å². The number of nitrogens with one attached hydrogen (secondary N) is 1. The van der Waals surface area contributed by atoms with Crippen molar-refractivity contribution in [1.82, 2.24) is 10.2 Å². The molecule has 3 aromatic carbocycles. The van der Waals surface area contributed by atoms with Gasteiger partial charge in [-0.15, -0.1) is 0 Å². The average Bonchev–Trinajstić information content (AvgIpc) is 2.90. The molecule has 0 aromatic heterocycles. The number of amides is 1. The van der Waals surface area contributed by atoms with Crippen LogP contribution in [0.1, 0.15) is 36.5 Å². The molecular weight excluding hydrogens is 448 g/mol. The molecule has 0 saturated heterocycles. The number of carbonyl (C=O) groups is 1. The van der Waals surface area contributed by atoms with Crippen molar-refractivity contribution in [3.63, 3.8) is 0 Å². The van der Waals surface area contributed by atoms with Crippen LogP contribution in [0.2, 0.25) is 0 Å². The zero-order valence-electron chi connectivity index (χ0n) is 21.4. The van der Waals surface area contributed by atoms with Crippen LogP contribution >= 0.6 is 0 Å². The molecule has 3 aromatic rings. The zero-order valence-corrected chi connectivity index (χ0v) is 21.4. The van der Waals surface area contributed by atoms with Gasteiger partial charge in [-0.05, 0) is 77.6 Å². The Bertz CT molecular complexity index is 1150. The molecule has 5 nitrogen and oxygen atoms in total. The maximum atomic E-state index is 11.5. The number of phenols is 1. The fourth-order valence-electron chi connectivity index (χ4n) is 3.91. The number of allylic oxidation sites excluding steroid dienone is 1. The maximum absolute atomic E-state index is 11.5. The normalized spacial score (nSPS) is 11.9. The summed E-state index contributed by atoms with van der Waals surface area (Å²) in [5.41, 5.74) is 5.76. The first-order valence-electron chi connectivity index (χ1n) is 12.4. The lowest BCUT2D eigenvalue weighted by atomic mass is 9.88. The van der Waals surface area contributed by atoms with Gasteiger partial charge in [-0.3, -0.25) is 4.79 Å². The molecule has 0 bridgehead atoms. The molecule has 2 N–H and O–H groups in total. The lowest BCUT2D eigenvalue weighted by Crippen LogP contribution is -2.22. The van der Waals surface area contributed by atoms with Gasteiger partial charge in [-0.25, -0.2) is 0 Å². The SMILES string of the molecule is CC/C(=C(\c1ccc(O)cc1)c1ccc(OCCNCC/C=C/C(=O)N(C)C)cc1)c1ccccc1. The molecule has 0 unspecified atom stereocenters. The minimum Gasteiger partial charge on any atom is -0.508 e. The molecule has 5 heteroatoms. The quantitative estimate of drug-likeness (QED) is 0.195. The van der Waals surface area contributed by atoms with Gasteiger partial charge in [-0.1, -0.05) is 67.6 Å². The molecule has 0 aliphatic heterocycles. The standard InChI is InChI=1S/C31H36N2O3/c1-4-29(24-10-6-5-7-11-24)31(25-13-17-27(34)18-14-25)26-15-19-28(20-16-26)36-23-22-32-21-9-8-12-30(35)33(2)3/h5-8,10-20,32,34H,4,9,21-23H2,1-3H3/b12-8+,31-29-. The van der Waals surface area contributed by atoms with Gasteiger partial charge in [0.05, 0.1) is 0 Å². The molecule has 0 atom stereocenters. The molecule has 36 heavy (non-hydrogen) atoms. The summed E-state index contributed by atoms with van der Waals surface area (Å²) in [5, 5.41) is 13.1. The van der Waals surface area contributed by atoms with E-state index in [4.69, 9.17) is 4.74 Å². The Labute approximate surface area is 214 Å². The van der Waals surface area contributed by atoms with Crippen molar-refractivity contribution in [2.45, 2.75) is 19.8 Å². The number of aromatic hydroxyl groups is 1. The van der Waals surface area contributed by atoms with E-state index < -0.39 is 0 Å². The van der Waals surface area contributed by atoms with E-state index in [1.165, 1.54) is 11.1 Å². The summed E-state index contributed by atoms with van der Waals surface area (Å²) < 4.78 is 5.92. The molecule has 3 rings (SSSR count). The summed E-state index contributed by atoms with van der Waals surface area (Å²) in [4.78, 5) is 13.1. The minimum absolute atomic E-state index is 0.0000184. The average molecular weight is 485 g/mol. The summed E-state index contributed by atoms with van der Waals surface area (Å²) in [6.07, 6.45) is 5.15. The Balaban J connectivity index is 1.65. The Hall–Kier alpha value is -3.83. The van der Waals surface area contributed by atoms with Crippen LogP contribution in [0.5, 0.6) is 11.5 Å². The highest BCUT2D eigenvalue weighted by molar-refractivity contribution is 5.98. The van der Waals surface area contributed by atoms with Crippen molar-refractivity contribution >= 4 is 17.1 Å². The van der Waals surface area contributed by atoms with Crippen molar-refractivity contribution in [1.29, 1.82) is 0 Å². The highest BCUT2D eigenvalue weighted by Crippen LogP contribution is 2.35. The van der Waals surface area contributed by atoms with Crippen LogP contribution < -0.4 is 10.1 Å². The van der Waals surface area contributed by atoms with Gasteiger partial charge < -0.3 is 20.1 Å². The Kier molecular flexibility index (Phi) is 10.3. The van der Waals surface area contributed by atoms with Crippen molar-refractivity contribution in [2.75, 3.05) is 33.8 Å². The maximum Gasteiger partial charge on any atom is 0.245 e. The second-order valence-corrected chi connectivity index (χ2v) is 8.67. The molecule has 0 aliphatic carbocycles. The van der Waals surface area contributed by atoms with Gasteiger partial charge in [-0.2, -0.15) is 0 Å². The number of benzene rings is 3. The predicted molar refractivity (Wildman–Crippen MR) is 148 cm³/mol. The molecule has 0 radical (unpaired) electrons. The van der Waals surface area contributed by atoms with E-state index in [-0.39, 0.29) is 11.7 Å². The van der Waals surface area contributed by atoms with E-state index in [2.05, 4.69) is 48.6 Å². The third-order valence-corrected chi connectivity index (χ3v) is 5.81. The lowest BCUT2D eigenvalue weighted by molar-refractivity contribution is -0.123. The van der Waals surface area contributed by atoms with Crippen LogP contribution in [-0.4, -0.2) is 49.7 Å². The number of carbonyl (C=O) groups excluding carboxylic acids is 1. The van der Waals surface area contributed by atoms with Crippen LogP contribution in [0.15, 0.2) is 91.0 Å². The van der Waals surface area contributed by atoms with Gasteiger partial charge >= 0.3 is 0 Å². The monoisotopic (exact) mass is 484 g/mol. The largest absolute Gasteiger partial charge is 0.508 e. The molecule has 188 valence electrons. The number of hydrogen-bond donors (Lipinski definition) is 2. The second kappa shape index (κ2) is 13.9. The van der Waals surface area contributed by atoms with Gasteiger partial charge in [0.25, 0.3) is 0 Å². The summed E-state index contributed by atoms with van der Waals surface area (Å²) >= 11 is 0. The molecule has 0 saturated carbocycles. The van der Waals surface area contributed by atoms with Crippen LogP contribution in [0.4, 0.5) is 0 Å². The Morgan fingerprint density at radius 2 is 1.53 bits per heavy atom. The zero-order chi connectivity index (χ0) is 25.8. The summed E-state index contributed by atoms with van der Waals surface area (Å²) in [6.45, 7) is 4.25. The van der Waals surface area contributed by atoms with Crippen molar-refractivity contribution in [3.8, 4) is 11.5 Å². The first-order chi connectivity index (χ1) is 17.5. The third kappa shape index (κ3) is 7.85. The fourth-order valence-corrected chi connectivity index (χ4v) is 3.91. The fraction of sp³-hybridized carbons (Fsp3) is 0.258. The minimum atomic E-state index is 0.0000184. The van der Waals surface area contributed by atoms with Gasteiger partial charge in [0.2, 0.25) is 5.91 Å². The molecule has 1 amide bonds. The van der Waals surface area contributed by atoms with E-state index in [1.807, 2.05) is 36.4 Å². The highest BCUT2D eigenvalue weighted by atomic mass is 16.5. The number of rotatable bonds is 12. The number of likely N-dealkylation sites (N-methyl/N-ethyl adjacent to an activating group) is 1. The number of nitrogens with zero attached hydrogens (tertiary/aromatic N) is 1. The second-order valence-electron chi connectivity index (χ2n) is 8.67. The molecule has 0 heterocycles.